The molecule has 0 radical (unpaired) electrons. The van der Waals surface area contributed by atoms with Crippen LogP contribution in [0.2, 0.25) is 0 Å². The number of rotatable bonds is 6. The molecule has 24 heavy (non-hydrogen) atoms. The number of halogens is 1. The van der Waals surface area contributed by atoms with E-state index in [1.54, 1.807) is 7.11 Å². The van der Waals surface area contributed by atoms with Crippen molar-refractivity contribution < 1.29 is 4.74 Å². The minimum Gasteiger partial charge on any atom is -0.495 e. The second-order valence-electron chi connectivity index (χ2n) is 6.17. The molecule has 1 aliphatic heterocycles. The molecule has 1 atom stereocenters. The first kappa shape index (κ1) is 17.1. The third-order valence-corrected chi connectivity index (χ3v) is 5.13. The van der Waals surface area contributed by atoms with Crippen molar-refractivity contribution in [3.05, 3.63) is 60.2 Å². The van der Waals surface area contributed by atoms with Crippen molar-refractivity contribution in [1.82, 2.24) is 4.90 Å². The van der Waals surface area contributed by atoms with Gasteiger partial charge in [-0.1, -0.05) is 42.5 Å². The van der Waals surface area contributed by atoms with Crippen LogP contribution in [0.25, 0.3) is 0 Å². The summed E-state index contributed by atoms with van der Waals surface area (Å²) in [6, 6.07) is 18.6. The molecule has 0 bridgehead atoms. The fraction of sp³-hybridized carbons (Fsp3) is 0.400. The van der Waals surface area contributed by atoms with Crippen molar-refractivity contribution in [2.45, 2.75) is 11.8 Å². The molecule has 3 rings (SSSR count). The van der Waals surface area contributed by atoms with E-state index in [0.717, 1.165) is 44.9 Å². The van der Waals surface area contributed by atoms with Gasteiger partial charge in [0.2, 0.25) is 0 Å². The van der Waals surface area contributed by atoms with Gasteiger partial charge < -0.3 is 9.64 Å². The van der Waals surface area contributed by atoms with Crippen LogP contribution >= 0.6 is 11.6 Å². The Hall–Kier alpha value is -1.71. The summed E-state index contributed by atoms with van der Waals surface area (Å²) >= 11 is 6.54. The first-order valence-corrected chi connectivity index (χ1v) is 9.01. The van der Waals surface area contributed by atoms with Crippen LogP contribution in [0.4, 0.5) is 5.69 Å². The summed E-state index contributed by atoms with van der Waals surface area (Å²) in [5, 5.41) is 0.0958. The molecule has 1 heterocycles. The lowest BCUT2D eigenvalue weighted by molar-refractivity contribution is 0.253. The normalized spacial score (nSPS) is 16.8. The molecule has 0 aliphatic carbocycles. The van der Waals surface area contributed by atoms with Crippen LogP contribution in [0.3, 0.4) is 0 Å². The second kappa shape index (κ2) is 8.41. The fourth-order valence-electron chi connectivity index (χ4n) is 3.23. The summed E-state index contributed by atoms with van der Waals surface area (Å²) in [7, 11) is 1.74. The zero-order valence-corrected chi connectivity index (χ0v) is 15.0. The number of piperazine rings is 1. The Kier molecular flexibility index (Phi) is 6.00. The lowest BCUT2D eigenvalue weighted by Gasteiger charge is -2.36. The summed E-state index contributed by atoms with van der Waals surface area (Å²) in [6.45, 7) is 5.23. The Morgan fingerprint density at radius 2 is 1.62 bits per heavy atom. The Labute approximate surface area is 149 Å². The fourth-order valence-corrected chi connectivity index (χ4v) is 3.47. The third-order valence-electron chi connectivity index (χ3n) is 4.66. The Bertz CT molecular complexity index is 627. The number of para-hydroxylation sites is 2. The zero-order chi connectivity index (χ0) is 16.8. The Balaban J connectivity index is 1.49. The van der Waals surface area contributed by atoms with Crippen molar-refractivity contribution in [2.24, 2.45) is 0 Å². The summed E-state index contributed by atoms with van der Waals surface area (Å²) < 4.78 is 5.48. The van der Waals surface area contributed by atoms with E-state index in [-0.39, 0.29) is 5.38 Å². The summed E-state index contributed by atoms with van der Waals surface area (Å²) in [5.41, 5.74) is 2.41. The molecule has 0 aromatic heterocycles. The molecule has 1 fully saturated rings. The predicted octanol–water partition coefficient (Wildman–Crippen LogP) is 4.19. The number of benzene rings is 2. The molecule has 2 aromatic rings. The molecule has 1 unspecified atom stereocenters. The maximum atomic E-state index is 6.54. The molecule has 128 valence electrons. The van der Waals surface area contributed by atoms with E-state index in [4.69, 9.17) is 16.3 Å². The molecule has 0 spiro atoms. The van der Waals surface area contributed by atoms with Crippen LogP contribution in [-0.2, 0) is 0 Å². The first-order chi connectivity index (χ1) is 11.8. The zero-order valence-electron chi connectivity index (χ0n) is 14.2. The monoisotopic (exact) mass is 344 g/mol. The van der Waals surface area contributed by atoms with Crippen molar-refractivity contribution in [3.8, 4) is 5.75 Å². The van der Waals surface area contributed by atoms with Gasteiger partial charge in [0, 0.05) is 32.7 Å². The van der Waals surface area contributed by atoms with Gasteiger partial charge in [-0.15, -0.1) is 11.6 Å². The lowest BCUT2D eigenvalue weighted by Crippen LogP contribution is -2.46. The Morgan fingerprint density at radius 3 is 2.33 bits per heavy atom. The molecule has 3 nitrogen and oxygen atoms in total. The lowest BCUT2D eigenvalue weighted by atomic mass is 10.1. The minimum atomic E-state index is 0.0958. The van der Waals surface area contributed by atoms with Crippen LogP contribution in [0, 0.1) is 0 Å². The van der Waals surface area contributed by atoms with Crippen molar-refractivity contribution in [2.75, 3.05) is 44.7 Å². The molecule has 0 amide bonds. The standard InChI is InChI=1S/C20H25ClN2O/c1-24-20-10-6-5-9-19(20)23-15-13-22(14-16-23)12-11-18(21)17-7-3-2-4-8-17/h2-10,18H,11-16H2,1H3. The topological polar surface area (TPSA) is 15.7 Å². The molecule has 4 heteroatoms. The van der Waals surface area contributed by atoms with E-state index in [1.807, 2.05) is 18.2 Å². The van der Waals surface area contributed by atoms with Gasteiger partial charge in [-0.2, -0.15) is 0 Å². The molecule has 2 aromatic carbocycles. The predicted molar refractivity (Wildman–Crippen MR) is 101 cm³/mol. The van der Waals surface area contributed by atoms with E-state index in [1.165, 1.54) is 11.3 Å². The van der Waals surface area contributed by atoms with Crippen LogP contribution in [-0.4, -0.2) is 44.7 Å². The van der Waals surface area contributed by atoms with E-state index in [9.17, 15) is 0 Å². The van der Waals surface area contributed by atoms with Crippen LogP contribution in [0.1, 0.15) is 17.4 Å². The second-order valence-corrected chi connectivity index (χ2v) is 6.69. The average Bonchev–Trinajstić information content (AvgIpc) is 2.67. The van der Waals surface area contributed by atoms with Crippen molar-refractivity contribution >= 4 is 17.3 Å². The van der Waals surface area contributed by atoms with E-state index in [0.29, 0.717) is 0 Å². The maximum absolute atomic E-state index is 6.54. The highest BCUT2D eigenvalue weighted by atomic mass is 35.5. The Morgan fingerprint density at radius 1 is 0.958 bits per heavy atom. The van der Waals surface area contributed by atoms with Gasteiger partial charge >= 0.3 is 0 Å². The summed E-state index contributed by atoms with van der Waals surface area (Å²) in [5.74, 6) is 0.954. The van der Waals surface area contributed by atoms with Gasteiger partial charge in [-0.05, 0) is 24.1 Å². The van der Waals surface area contributed by atoms with Crippen molar-refractivity contribution in [3.63, 3.8) is 0 Å². The smallest absolute Gasteiger partial charge is 0.142 e. The quantitative estimate of drug-likeness (QED) is 0.731. The highest BCUT2D eigenvalue weighted by Gasteiger charge is 2.20. The number of alkyl halides is 1. The number of nitrogens with zero attached hydrogens (tertiary/aromatic N) is 2. The van der Waals surface area contributed by atoms with E-state index >= 15 is 0 Å². The van der Waals surface area contributed by atoms with Gasteiger partial charge in [0.05, 0.1) is 18.2 Å². The number of anilines is 1. The minimum absolute atomic E-state index is 0.0958. The third kappa shape index (κ3) is 4.22. The van der Waals surface area contributed by atoms with Crippen LogP contribution < -0.4 is 9.64 Å². The number of ether oxygens (including phenoxy) is 1. The highest BCUT2D eigenvalue weighted by Crippen LogP contribution is 2.29. The number of methoxy groups -OCH3 is 1. The number of hydrogen-bond donors (Lipinski definition) is 0. The van der Waals surface area contributed by atoms with Gasteiger partial charge in [0.25, 0.3) is 0 Å². The molecule has 1 saturated heterocycles. The SMILES string of the molecule is COc1ccccc1N1CCN(CCC(Cl)c2ccccc2)CC1. The number of hydrogen-bond acceptors (Lipinski definition) is 3. The van der Waals surface area contributed by atoms with Gasteiger partial charge in [0.15, 0.2) is 0 Å². The van der Waals surface area contributed by atoms with Crippen LogP contribution in [0.15, 0.2) is 54.6 Å². The van der Waals surface area contributed by atoms with E-state index in [2.05, 4.69) is 46.2 Å². The molecular formula is C20H25ClN2O. The molecule has 0 N–H and O–H groups in total. The molecular weight excluding hydrogens is 320 g/mol. The first-order valence-electron chi connectivity index (χ1n) is 8.57. The van der Waals surface area contributed by atoms with Gasteiger partial charge in [-0.25, -0.2) is 0 Å². The average molecular weight is 345 g/mol. The molecule has 1 aliphatic rings. The van der Waals surface area contributed by atoms with Crippen molar-refractivity contribution in [1.29, 1.82) is 0 Å². The maximum Gasteiger partial charge on any atom is 0.142 e. The molecule has 0 saturated carbocycles. The largest absolute Gasteiger partial charge is 0.495 e. The van der Waals surface area contributed by atoms with Gasteiger partial charge in [-0.3, -0.25) is 4.90 Å². The van der Waals surface area contributed by atoms with Gasteiger partial charge in [0.1, 0.15) is 5.75 Å². The van der Waals surface area contributed by atoms with E-state index < -0.39 is 0 Å². The highest BCUT2D eigenvalue weighted by molar-refractivity contribution is 6.20. The van der Waals surface area contributed by atoms with Crippen LogP contribution in [0.5, 0.6) is 5.75 Å². The summed E-state index contributed by atoms with van der Waals surface area (Å²) in [6.07, 6.45) is 0.986. The summed E-state index contributed by atoms with van der Waals surface area (Å²) in [4.78, 5) is 4.91.